The molecule has 4 heteroatoms. The second-order valence-corrected chi connectivity index (χ2v) is 10.4. The summed E-state index contributed by atoms with van der Waals surface area (Å²) in [5.41, 5.74) is -0.276. The van der Waals surface area contributed by atoms with Gasteiger partial charge in [-0.15, -0.1) is 0 Å². The van der Waals surface area contributed by atoms with Gasteiger partial charge >= 0.3 is 11.9 Å². The smallest absolute Gasteiger partial charge is 0.320 e. The van der Waals surface area contributed by atoms with Gasteiger partial charge in [0.2, 0.25) is 0 Å². The zero-order valence-corrected chi connectivity index (χ0v) is 18.1. The molecule has 148 valence electrons. The molecule has 0 aliphatic heterocycles. The molecule has 0 bridgehead atoms. The van der Waals surface area contributed by atoms with Crippen LogP contribution in [0.5, 0.6) is 0 Å². The molecule has 0 radical (unpaired) electrons. The van der Waals surface area contributed by atoms with Crippen molar-refractivity contribution in [3.63, 3.8) is 0 Å². The Hall–Kier alpha value is -1.06. The van der Waals surface area contributed by atoms with E-state index >= 15 is 0 Å². The van der Waals surface area contributed by atoms with Crippen LogP contribution >= 0.6 is 0 Å². The van der Waals surface area contributed by atoms with Gasteiger partial charge < -0.3 is 9.47 Å². The number of hydrogen-bond donors (Lipinski definition) is 0. The van der Waals surface area contributed by atoms with Crippen LogP contribution in [-0.4, -0.2) is 25.2 Å². The number of ether oxygens (including phenoxy) is 2. The maximum absolute atomic E-state index is 12.8. The average Bonchev–Trinajstić information content (AvgIpc) is 2.40. The van der Waals surface area contributed by atoms with Crippen LogP contribution in [0.25, 0.3) is 0 Å². The summed E-state index contributed by atoms with van der Waals surface area (Å²) in [7, 11) is 0. The third kappa shape index (κ3) is 10.5. The van der Waals surface area contributed by atoms with Gasteiger partial charge in [0.05, 0.1) is 13.2 Å². The summed E-state index contributed by atoms with van der Waals surface area (Å²) >= 11 is 0. The lowest BCUT2D eigenvalue weighted by atomic mass is 9.78. The van der Waals surface area contributed by atoms with Crippen LogP contribution in [0, 0.1) is 34.5 Å². The molecule has 0 aromatic heterocycles. The molecule has 0 fully saturated rings. The molecular formula is C21H40O4. The Bertz CT molecular complexity index is 394. The van der Waals surface area contributed by atoms with Gasteiger partial charge in [0.25, 0.3) is 0 Å². The van der Waals surface area contributed by atoms with Gasteiger partial charge in [-0.25, -0.2) is 0 Å². The van der Waals surface area contributed by atoms with Crippen LogP contribution in [-0.2, 0) is 19.1 Å². The van der Waals surface area contributed by atoms with Crippen molar-refractivity contribution in [1.82, 2.24) is 0 Å². The number of rotatable bonds is 8. The van der Waals surface area contributed by atoms with Gasteiger partial charge in [0.1, 0.15) is 0 Å². The van der Waals surface area contributed by atoms with Gasteiger partial charge in [-0.05, 0) is 35.0 Å². The van der Waals surface area contributed by atoms with E-state index in [1.54, 1.807) is 0 Å². The minimum atomic E-state index is -0.855. The zero-order valence-electron chi connectivity index (χ0n) is 18.1. The van der Waals surface area contributed by atoms with Crippen molar-refractivity contribution in [1.29, 1.82) is 0 Å². The summed E-state index contributed by atoms with van der Waals surface area (Å²) in [5, 5.41) is 0. The predicted molar refractivity (Wildman–Crippen MR) is 102 cm³/mol. The molecule has 0 aliphatic carbocycles. The molecule has 0 aromatic carbocycles. The molecule has 0 saturated carbocycles. The second kappa shape index (κ2) is 9.59. The fraction of sp³-hybridized carbons (Fsp3) is 0.905. The number of esters is 2. The van der Waals surface area contributed by atoms with Gasteiger partial charge in [0.15, 0.2) is 5.92 Å². The Morgan fingerprint density at radius 3 is 1.36 bits per heavy atom. The minimum Gasteiger partial charge on any atom is -0.464 e. The van der Waals surface area contributed by atoms with Crippen molar-refractivity contribution in [2.45, 2.75) is 75.7 Å². The summed E-state index contributed by atoms with van der Waals surface area (Å²) in [4.78, 5) is 25.5. The van der Waals surface area contributed by atoms with Crippen molar-refractivity contribution >= 4 is 11.9 Å². The van der Waals surface area contributed by atoms with Crippen LogP contribution in [0.4, 0.5) is 0 Å². The van der Waals surface area contributed by atoms with Crippen molar-refractivity contribution in [3.05, 3.63) is 0 Å². The Kier molecular flexibility index (Phi) is 9.18. The molecule has 0 spiro atoms. The van der Waals surface area contributed by atoms with Gasteiger partial charge in [-0.2, -0.15) is 0 Å². The molecule has 0 aromatic rings. The first-order chi connectivity index (χ1) is 11.1. The number of carbonyl (C=O) groups excluding carboxylic acids is 2. The Morgan fingerprint density at radius 2 is 1.12 bits per heavy atom. The molecule has 0 saturated heterocycles. The molecule has 4 nitrogen and oxygen atoms in total. The fourth-order valence-electron chi connectivity index (χ4n) is 2.54. The second-order valence-electron chi connectivity index (χ2n) is 10.4. The van der Waals surface area contributed by atoms with Gasteiger partial charge in [-0.1, -0.05) is 69.2 Å². The average molecular weight is 357 g/mol. The summed E-state index contributed by atoms with van der Waals surface area (Å²) in [6.45, 7) is 20.9. The van der Waals surface area contributed by atoms with E-state index in [1.807, 2.05) is 55.4 Å². The third-order valence-electron chi connectivity index (χ3n) is 3.83. The van der Waals surface area contributed by atoms with E-state index in [9.17, 15) is 9.59 Å². The van der Waals surface area contributed by atoms with E-state index < -0.39 is 17.9 Å². The standard InChI is InChI=1S/C21H40O4/c1-14(2)11-16(15(3)4)17(18(22)24-12-20(5,6)7)19(23)25-13-21(8,9)10/h14-17H,11-13H2,1-10H3. The Labute approximate surface area is 155 Å². The first-order valence-corrected chi connectivity index (χ1v) is 9.47. The van der Waals surface area contributed by atoms with E-state index in [2.05, 4.69) is 13.8 Å². The van der Waals surface area contributed by atoms with Crippen LogP contribution in [0.1, 0.15) is 75.7 Å². The molecule has 1 atom stereocenters. The maximum Gasteiger partial charge on any atom is 0.320 e. The number of carbonyl (C=O) groups is 2. The van der Waals surface area contributed by atoms with E-state index in [-0.39, 0.29) is 22.7 Å². The van der Waals surface area contributed by atoms with E-state index in [0.29, 0.717) is 19.1 Å². The molecule has 0 N–H and O–H groups in total. The summed E-state index contributed by atoms with van der Waals surface area (Å²) in [5.74, 6) is -1.26. The highest BCUT2D eigenvalue weighted by molar-refractivity contribution is 5.95. The van der Waals surface area contributed by atoms with Gasteiger partial charge in [-0.3, -0.25) is 9.59 Å². The highest BCUT2D eigenvalue weighted by Gasteiger charge is 2.40. The number of hydrogen-bond acceptors (Lipinski definition) is 4. The molecule has 25 heavy (non-hydrogen) atoms. The molecular weight excluding hydrogens is 316 g/mol. The highest BCUT2D eigenvalue weighted by atomic mass is 16.6. The summed E-state index contributed by atoms with van der Waals surface area (Å²) in [6, 6.07) is 0. The van der Waals surface area contributed by atoms with Crippen LogP contribution in [0.2, 0.25) is 0 Å². The van der Waals surface area contributed by atoms with Crippen LogP contribution in [0.3, 0.4) is 0 Å². The lowest BCUT2D eigenvalue weighted by Crippen LogP contribution is -2.39. The lowest BCUT2D eigenvalue weighted by molar-refractivity contribution is -0.169. The Balaban J connectivity index is 5.39. The minimum absolute atomic E-state index is 0.0834. The topological polar surface area (TPSA) is 52.6 Å². The normalized spacial score (nSPS) is 14.1. The molecule has 0 aliphatic rings. The largest absolute Gasteiger partial charge is 0.464 e. The quantitative estimate of drug-likeness (QED) is 0.448. The third-order valence-corrected chi connectivity index (χ3v) is 3.83. The van der Waals surface area contributed by atoms with Crippen LogP contribution < -0.4 is 0 Å². The van der Waals surface area contributed by atoms with E-state index in [1.165, 1.54) is 0 Å². The molecule has 1 unspecified atom stereocenters. The van der Waals surface area contributed by atoms with Crippen LogP contribution in [0.15, 0.2) is 0 Å². The van der Waals surface area contributed by atoms with Crippen molar-refractivity contribution in [3.8, 4) is 0 Å². The van der Waals surface area contributed by atoms with Crippen molar-refractivity contribution < 1.29 is 19.1 Å². The zero-order chi connectivity index (χ0) is 20.0. The summed E-state index contributed by atoms with van der Waals surface area (Å²) in [6.07, 6.45) is 0.789. The summed E-state index contributed by atoms with van der Waals surface area (Å²) < 4.78 is 11.0. The first-order valence-electron chi connectivity index (χ1n) is 9.47. The maximum atomic E-state index is 12.8. The molecule has 0 amide bonds. The van der Waals surface area contributed by atoms with Crippen molar-refractivity contribution in [2.75, 3.05) is 13.2 Å². The SMILES string of the molecule is CC(C)CC(C(C)C)C(C(=O)OCC(C)(C)C)C(=O)OCC(C)(C)C. The fourth-order valence-corrected chi connectivity index (χ4v) is 2.54. The highest BCUT2D eigenvalue weighted by Crippen LogP contribution is 2.31. The first kappa shape index (κ1) is 23.9. The molecule has 0 rings (SSSR count). The molecule has 0 heterocycles. The monoisotopic (exact) mass is 356 g/mol. The van der Waals surface area contributed by atoms with E-state index in [4.69, 9.17) is 9.47 Å². The van der Waals surface area contributed by atoms with E-state index in [0.717, 1.165) is 6.42 Å². The lowest BCUT2D eigenvalue weighted by Gasteiger charge is -2.30. The van der Waals surface area contributed by atoms with Gasteiger partial charge in [0, 0.05) is 0 Å². The van der Waals surface area contributed by atoms with Crippen molar-refractivity contribution in [2.24, 2.45) is 34.5 Å². The Morgan fingerprint density at radius 1 is 0.760 bits per heavy atom. The predicted octanol–water partition coefficient (Wildman–Crippen LogP) is 5.10.